The second-order valence-corrected chi connectivity index (χ2v) is 4.02. The number of nitrogens with one attached hydrogen (secondary N) is 1. The van der Waals surface area contributed by atoms with E-state index in [1.807, 2.05) is 0 Å². The van der Waals surface area contributed by atoms with Crippen molar-refractivity contribution >= 4 is 11.5 Å². The Kier molecular flexibility index (Phi) is 4.01. The fourth-order valence-electron chi connectivity index (χ4n) is 1.63. The van der Waals surface area contributed by atoms with Gasteiger partial charge in [0.2, 0.25) is 5.82 Å². The summed E-state index contributed by atoms with van der Waals surface area (Å²) in [6.07, 6.45) is 4.16. The van der Waals surface area contributed by atoms with Crippen molar-refractivity contribution in [3.63, 3.8) is 0 Å². The van der Waals surface area contributed by atoms with Crippen LogP contribution in [-0.2, 0) is 6.54 Å². The van der Waals surface area contributed by atoms with Gasteiger partial charge in [-0.05, 0) is 19.4 Å². The van der Waals surface area contributed by atoms with Gasteiger partial charge in [0.25, 0.3) is 0 Å². The summed E-state index contributed by atoms with van der Waals surface area (Å²) in [4.78, 5) is 14.6. The molecule has 2 rings (SSSR count). The molecule has 0 fully saturated rings. The Morgan fingerprint density at radius 1 is 1.47 bits per heavy atom. The number of hydrogen-bond donors (Lipinski definition) is 1. The molecule has 1 N–H and O–H groups in total. The molecule has 0 radical (unpaired) electrons. The molecule has 0 unspecified atom stereocenters. The van der Waals surface area contributed by atoms with Gasteiger partial charge >= 0.3 is 5.69 Å². The maximum atomic E-state index is 10.9. The molecule has 2 aromatic rings. The highest BCUT2D eigenvalue weighted by Gasteiger charge is 2.14. The van der Waals surface area contributed by atoms with E-state index in [9.17, 15) is 10.1 Å². The van der Waals surface area contributed by atoms with Crippen molar-refractivity contribution in [2.75, 3.05) is 11.9 Å². The second kappa shape index (κ2) is 5.89. The van der Waals surface area contributed by atoms with E-state index in [-0.39, 0.29) is 5.69 Å². The molecule has 0 aliphatic heterocycles. The van der Waals surface area contributed by atoms with Gasteiger partial charge in [-0.1, -0.05) is 5.21 Å². The molecule has 0 spiro atoms. The summed E-state index contributed by atoms with van der Waals surface area (Å²) in [6, 6.07) is 3.08. The zero-order chi connectivity index (χ0) is 13.7. The molecule has 0 aliphatic carbocycles. The number of nitrogens with zero attached hydrogens (tertiary/aromatic N) is 5. The predicted octanol–water partition coefficient (Wildman–Crippen LogP) is 1.39. The SMILES string of the molecule is Cc1ccc([N+](=O)[O-])c(NCCCn2ccnn2)n1. The van der Waals surface area contributed by atoms with E-state index in [2.05, 4.69) is 20.6 Å². The van der Waals surface area contributed by atoms with Crippen molar-refractivity contribution in [3.05, 3.63) is 40.3 Å². The van der Waals surface area contributed by atoms with Crippen molar-refractivity contribution in [3.8, 4) is 0 Å². The number of hydrogen-bond acceptors (Lipinski definition) is 6. The molecular weight excluding hydrogens is 248 g/mol. The fraction of sp³-hybridized carbons (Fsp3) is 0.364. The van der Waals surface area contributed by atoms with E-state index < -0.39 is 4.92 Å². The maximum Gasteiger partial charge on any atom is 0.311 e. The lowest BCUT2D eigenvalue weighted by atomic mass is 10.3. The first kappa shape index (κ1) is 12.9. The second-order valence-electron chi connectivity index (χ2n) is 4.02. The van der Waals surface area contributed by atoms with E-state index in [1.54, 1.807) is 30.1 Å². The Balaban J connectivity index is 1.91. The number of anilines is 1. The van der Waals surface area contributed by atoms with Gasteiger partial charge in [0, 0.05) is 31.0 Å². The Morgan fingerprint density at radius 2 is 2.32 bits per heavy atom. The van der Waals surface area contributed by atoms with Crippen LogP contribution >= 0.6 is 0 Å². The van der Waals surface area contributed by atoms with Crippen LogP contribution in [0.4, 0.5) is 11.5 Å². The van der Waals surface area contributed by atoms with Gasteiger partial charge in [0.05, 0.1) is 11.1 Å². The van der Waals surface area contributed by atoms with Crippen LogP contribution in [0.15, 0.2) is 24.5 Å². The topological polar surface area (TPSA) is 98.8 Å². The standard InChI is InChI=1S/C11H14N6O2/c1-9-3-4-10(17(18)19)11(14-9)12-5-2-7-16-8-6-13-15-16/h3-4,6,8H,2,5,7H2,1H3,(H,12,14). The van der Waals surface area contributed by atoms with Crippen LogP contribution in [0.1, 0.15) is 12.1 Å². The Labute approximate surface area is 109 Å². The van der Waals surface area contributed by atoms with Crippen molar-refractivity contribution < 1.29 is 4.92 Å². The van der Waals surface area contributed by atoms with Crippen molar-refractivity contribution in [1.29, 1.82) is 0 Å². The third-order valence-corrected chi connectivity index (χ3v) is 2.54. The van der Waals surface area contributed by atoms with Crippen molar-refractivity contribution in [2.24, 2.45) is 0 Å². The van der Waals surface area contributed by atoms with Crippen LogP contribution < -0.4 is 5.32 Å². The molecule has 0 amide bonds. The summed E-state index contributed by atoms with van der Waals surface area (Å²) in [7, 11) is 0. The minimum absolute atomic E-state index is 0.00800. The largest absolute Gasteiger partial charge is 0.364 e. The Hall–Kier alpha value is -2.51. The Bertz CT molecular complexity index is 554. The highest BCUT2D eigenvalue weighted by atomic mass is 16.6. The lowest BCUT2D eigenvalue weighted by molar-refractivity contribution is -0.384. The molecule has 0 atom stereocenters. The van der Waals surface area contributed by atoms with Crippen molar-refractivity contribution in [1.82, 2.24) is 20.0 Å². The minimum atomic E-state index is -0.438. The van der Waals surface area contributed by atoms with E-state index in [1.165, 1.54) is 6.07 Å². The highest BCUT2D eigenvalue weighted by molar-refractivity contribution is 5.55. The normalized spacial score (nSPS) is 10.4. The molecular formula is C11H14N6O2. The first-order chi connectivity index (χ1) is 9.16. The van der Waals surface area contributed by atoms with Crippen LogP contribution in [0.3, 0.4) is 0 Å². The third-order valence-electron chi connectivity index (χ3n) is 2.54. The number of aryl methyl sites for hydroxylation is 2. The average Bonchev–Trinajstić information content (AvgIpc) is 2.87. The smallest absolute Gasteiger partial charge is 0.311 e. The van der Waals surface area contributed by atoms with Crippen molar-refractivity contribution in [2.45, 2.75) is 19.9 Å². The lowest BCUT2D eigenvalue weighted by Crippen LogP contribution is -2.10. The third kappa shape index (κ3) is 3.47. The lowest BCUT2D eigenvalue weighted by Gasteiger charge is -2.06. The molecule has 0 aliphatic rings. The van der Waals surface area contributed by atoms with Gasteiger partial charge in [-0.3, -0.25) is 14.8 Å². The van der Waals surface area contributed by atoms with Gasteiger partial charge in [0.1, 0.15) is 0 Å². The summed E-state index contributed by atoms with van der Waals surface area (Å²) in [6.45, 7) is 3.08. The van der Waals surface area contributed by atoms with Crippen LogP contribution in [0.25, 0.3) is 0 Å². The molecule has 19 heavy (non-hydrogen) atoms. The summed E-state index contributed by atoms with van der Waals surface area (Å²) in [5.74, 6) is 0.309. The summed E-state index contributed by atoms with van der Waals surface area (Å²) >= 11 is 0. The summed E-state index contributed by atoms with van der Waals surface area (Å²) in [5, 5.41) is 21.4. The van der Waals surface area contributed by atoms with Gasteiger partial charge in [-0.15, -0.1) is 5.10 Å². The molecule has 2 heterocycles. The van der Waals surface area contributed by atoms with Gasteiger partial charge in [0.15, 0.2) is 0 Å². The van der Waals surface area contributed by atoms with Gasteiger partial charge in [-0.2, -0.15) is 0 Å². The van der Waals surface area contributed by atoms with Crippen LogP contribution in [0.5, 0.6) is 0 Å². The quantitative estimate of drug-likeness (QED) is 0.480. The number of rotatable bonds is 6. The molecule has 0 aromatic carbocycles. The number of nitro groups is 1. The zero-order valence-corrected chi connectivity index (χ0v) is 10.5. The minimum Gasteiger partial charge on any atom is -0.364 e. The van der Waals surface area contributed by atoms with E-state index in [0.29, 0.717) is 18.9 Å². The van der Waals surface area contributed by atoms with Crippen LogP contribution in [0.2, 0.25) is 0 Å². The summed E-state index contributed by atoms with van der Waals surface area (Å²) < 4.78 is 1.71. The maximum absolute atomic E-state index is 10.9. The molecule has 100 valence electrons. The molecule has 0 saturated carbocycles. The average molecular weight is 262 g/mol. The highest BCUT2D eigenvalue weighted by Crippen LogP contribution is 2.21. The Morgan fingerprint density at radius 3 is 3.00 bits per heavy atom. The first-order valence-electron chi connectivity index (χ1n) is 5.87. The molecule has 2 aromatic heterocycles. The van der Waals surface area contributed by atoms with Gasteiger partial charge < -0.3 is 5.32 Å². The fourth-order valence-corrected chi connectivity index (χ4v) is 1.63. The van der Waals surface area contributed by atoms with E-state index in [0.717, 1.165) is 12.1 Å². The summed E-state index contributed by atoms with van der Waals surface area (Å²) in [5.41, 5.74) is 0.732. The van der Waals surface area contributed by atoms with Gasteiger partial charge in [-0.25, -0.2) is 4.98 Å². The monoisotopic (exact) mass is 262 g/mol. The van der Waals surface area contributed by atoms with E-state index >= 15 is 0 Å². The molecule has 8 heteroatoms. The molecule has 8 nitrogen and oxygen atoms in total. The molecule has 0 saturated heterocycles. The number of pyridine rings is 1. The molecule has 0 bridgehead atoms. The first-order valence-corrected chi connectivity index (χ1v) is 5.87. The predicted molar refractivity (Wildman–Crippen MR) is 68.8 cm³/mol. The number of aromatic nitrogens is 4. The van der Waals surface area contributed by atoms with E-state index in [4.69, 9.17) is 0 Å². The van der Waals surface area contributed by atoms with Crippen LogP contribution in [-0.4, -0.2) is 31.4 Å². The zero-order valence-electron chi connectivity index (χ0n) is 10.5. The van der Waals surface area contributed by atoms with Crippen LogP contribution in [0, 0.1) is 17.0 Å².